The molecule has 0 saturated heterocycles. The maximum Gasteiger partial charge on any atom is 0.338 e. The molecule has 0 bridgehead atoms. The van der Waals surface area contributed by atoms with Gasteiger partial charge in [-0.15, -0.1) is 23.1 Å². The van der Waals surface area contributed by atoms with Crippen LogP contribution in [0.25, 0.3) is 0 Å². The quantitative estimate of drug-likeness (QED) is 0.440. The molecule has 0 aliphatic heterocycles. The van der Waals surface area contributed by atoms with Gasteiger partial charge in [-0.25, -0.2) is 9.78 Å². The highest BCUT2D eigenvalue weighted by molar-refractivity contribution is 7.98. The Morgan fingerprint density at radius 3 is 2.68 bits per heavy atom. The van der Waals surface area contributed by atoms with Crippen molar-refractivity contribution < 1.29 is 14.3 Å². The van der Waals surface area contributed by atoms with E-state index in [1.807, 2.05) is 48.1 Å². The zero-order valence-electron chi connectivity index (χ0n) is 15.5. The number of carbonyl (C=O) groups excluding carboxylic acids is 2. The lowest BCUT2D eigenvalue weighted by atomic mass is 10.2. The Bertz CT molecular complexity index is 941. The first-order chi connectivity index (χ1) is 13.5. The number of ether oxygens (including phenoxy) is 1. The first-order valence-corrected chi connectivity index (χ1v) is 10.6. The Balaban J connectivity index is 1.52. The van der Waals surface area contributed by atoms with Crippen LogP contribution in [0.2, 0.25) is 0 Å². The number of aromatic nitrogens is 1. The molecule has 5 nitrogen and oxygen atoms in total. The second kappa shape index (κ2) is 9.52. The number of nitrogens with one attached hydrogen (secondary N) is 1. The van der Waals surface area contributed by atoms with Crippen molar-refractivity contribution in [3.63, 3.8) is 0 Å². The van der Waals surface area contributed by atoms with Crippen molar-refractivity contribution >= 4 is 40.7 Å². The molecule has 3 aromatic rings. The highest BCUT2D eigenvalue weighted by Gasteiger charge is 2.19. The second-order valence-electron chi connectivity index (χ2n) is 6.20. The number of rotatable bonds is 7. The Hall–Kier alpha value is -2.64. The molecule has 1 aromatic heterocycles. The molecular formula is C21H20N2O3S2. The van der Waals surface area contributed by atoms with Crippen LogP contribution < -0.4 is 5.32 Å². The van der Waals surface area contributed by atoms with Crippen molar-refractivity contribution in [1.82, 2.24) is 4.98 Å². The highest BCUT2D eigenvalue weighted by atomic mass is 32.2. The van der Waals surface area contributed by atoms with Crippen LogP contribution in [-0.4, -0.2) is 23.0 Å². The molecule has 28 heavy (non-hydrogen) atoms. The average Bonchev–Trinajstić information content (AvgIpc) is 3.20. The van der Waals surface area contributed by atoms with E-state index in [2.05, 4.69) is 10.3 Å². The van der Waals surface area contributed by atoms with E-state index < -0.39 is 12.1 Å². The molecule has 0 aliphatic rings. The minimum atomic E-state index is -0.897. The van der Waals surface area contributed by atoms with E-state index in [1.54, 1.807) is 48.2 Å². The molecule has 0 fully saturated rings. The summed E-state index contributed by atoms with van der Waals surface area (Å²) in [5.74, 6) is -0.110. The van der Waals surface area contributed by atoms with Crippen LogP contribution in [0, 0.1) is 6.92 Å². The zero-order chi connectivity index (χ0) is 19.9. The van der Waals surface area contributed by atoms with E-state index in [4.69, 9.17) is 4.74 Å². The number of thioether (sulfide) groups is 1. The Labute approximate surface area is 172 Å². The molecule has 2 aromatic carbocycles. The van der Waals surface area contributed by atoms with Gasteiger partial charge in [-0.2, -0.15) is 0 Å². The van der Waals surface area contributed by atoms with Gasteiger partial charge >= 0.3 is 5.97 Å². The van der Waals surface area contributed by atoms with Crippen LogP contribution in [0.3, 0.4) is 0 Å². The van der Waals surface area contributed by atoms with E-state index in [-0.39, 0.29) is 5.91 Å². The SMILES string of the molecule is Cc1cccc(NC(=O)C(C)OC(=O)c2ccc(SCc3cscn3)cc2)c1. The van der Waals surface area contributed by atoms with Gasteiger partial charge in [-0.1, -0.05) is 12.1 Å². The summed E-state index contributed by atoms with van der Waals surface area (Å²) in [6, 6.07) is 14.6. The summed E-state index contributed by atoms with van der Waals surface area (Å²) in [6.07, 6.45) is -0.897. The van der Waals surface area contributed by atoms with E-state index in [0.29, 0.717) is 11.3 Å². The Kier molecular flexibility index (Phi) is 6.84. The molecule has 1 atom stereocenters. The number of nitrogens with zero attached hydrogens (tertiary/aromatic N) is 1. The Morgan fingerprint density at radius 2 is 2.00 bits per heavy atom. The number of carbonyl (C=O) groups is 2. The van der Waals surface area contributed by atoms with Crippen LogP contribution in [0.4, 0.5) is 5.69 Å². The summed E-state index contributed by atoms with van der Waals surface area (Å²) in [5, 5.41) is 4.77. The fraction of sp³-hybridized carbons (Fsp3) is 0.190. The lowest BCUT2D eigenvalue weighted by Gasteiger charge is -2.14. The summed E-state index contributed by atoms with van der Waals surface area (Å²) >= 11 is 3.22. The van der Waals surface area contributed by atoms with Gasteiger partial charge in [0.15, 0.2) is 6.10 Å². The maximum absolute atomic E-state index is 12.3. The lowest BCUT2D eigenvalue weighted by Crippen LogP contribution is -2.30. The molecule has 1 amide bonds. The number of hydrogen-bond acceptors (Lipinski definition) is 6. The second-order valence-corrected chi connectivity index (χ2v) is 7.97. The van der Waals surface area contributed by atoms with Crippen LogP contribution in [0.5, 0.6) is 0 Å². The van der Waals surface area contributed by atoms with Gasteiger partial charge < -0.3 is 10.1 Å². The molecule has 0 radical (unpaired) electrons. The van der Waals surface area contributed by atoms with Gasteiger partial charge in [0, 0.05) is 21.7 Å². The lowest BCUT2D eigenvalue weighted by molar-refractivity contribution is -0.123. The van der Waals surface area contributed by atoms with Crippen LogP contribution in [-0.2, 0) is 15.3 Å². The standard InChI is InChI=1S/C21H20N2O3S2/c1-14-4-3-5-17(10-14)23-20(24)15(2)26-21(25)16-6-8-19(9-7-16)28-12-18-11-27-13-22-18/h3-11,13,15H,12H2,1-2H3,(H,23,24). The van der Waals surface area contributed by atoms with Gasteiger partial charge in [0.1, 0.15) is 0 Å². The third kappa shape index (κ3) is 5.68. The van der Waals surface area contributed by atoms with Crippen LogP contribution in [0.15, 0.2) is 64.3 Å². The summed E-state index contributed by atoms with van der Waals surface area (Å²) in [6.45, 7) is 3.50. The van der Waals surface area contributed by atoms with Crippen LogP contribution in [0.1, 0.15) is 28.5 Å². The third-order valence-corrected chi connectivity index (χ3v) is 5.58. The molecule has 7 heteroatoms. The van der Waals surface area contributed by atoms with E-state index in [9.17, 15) is 9.59 Å². The van der Waals surface area contributed by atoms with Crippen molar-refractivity contribution in [2.24, 2.45) is 0 Å². The number of hydrogen-bond donors (Lipinski definition) is 1. The minimum absolute atomic E-state index is 0.366. The number of benzene rings is 2. The largest absolute Gasteiger partial charge is 0.449 e. The summed E-state index contributed by atoms with van der Waals surface area (Å²) in [4.78, 5) is 29.8. The molecular weight excluding hydrogens is 392 g/mol. The monoisotopic (exact) mass is 412 g/mol. The van der Waals surface area contributed by atoms with Gasteiger partial charge in [0.2, 0.25) is 0 Å². The number of thiazole rings is 1. The molecule has 1 heterocycles. The van der Waals surface area contributed by atoms with Crippen molar-refractivity contribution in [2.45, 2.75) is 30.6 Å². The molecule has 1 unspecified atom stereocenters. The number of anilines is 1. The van der Waals surface area contributed by atoms with E-state index in [0.717, 1.165) is 21.9 Å². The van der Waals surface area contributed by atoms with Gasteiger partial charge in [-0.05, 0) is 55.8 Å². The molecule has 3 rings (SSSR count). The first-order valence-electron chi connectivity index (χ1n) is 8.70. The molecule has 144 valence electrons. The highest BCUT2D eigenvalue weighted by Crippen LogP contribution is 2.23. The smallest absolute Gasteiger partial charge is 0.338 e. The van der Waals surface area contributed by atoms with Crippen LogP contribution >= 0.6 is 23.1 Å². The molecule has 1 N–H and O–H groups in total. The summed E-state index contributed by atoms with van der Waals surface area (Å²) in [7, 11) is 0. The van der Waals surface area contributed by atoms with Crippen molar-refractivity contribution in [1.29, 1.82) is 0 Å². The number of amides is 1. The van der Waals surface area contributed by atoms with Crippen molar-refractivity contribution in [3.05, 3.63) is 76.2 Å². The predicted octanol–water partition coefficient (Wildman–Crippen LogP) is 4.93. The minimum Gasteiger partial charge on any atom is -0.449 e. The fourth-order valence-electron chi connectivity index (χ4n) is 2.40. The summed E-state index contributed by atoms with van der Waals surface area (Å²) in [5.41, 5.74) is 4.97. The zero-order valence-corrected chi connectivity index (χ0v) is 17.2. The summed E-state index contributed by atoms with van der Waals surface area (Å²) < 4.78 is 5.29. The topological polar surface area (TPSA) is 68.3 Å². The normalized spacial score (nSPS) is 11.6. The van der Waals surface area contributed by atoms with Gasteiger partial charge in [0.05, 0.1) is 16.8 Å². The third-order valence-electron chi connectivity index (χ3n) is 3.90. The maximum atomic E-state index is 12.3. The van der Waals surface area contributed by atoms with Gasteiger partial charge in [0.25, 0.3) is 5.91 Å². The molecule has 0 aliphatic carbocycles. The number of esters is 1. The van der Waals surface area contributed by atoms with E-state index >= 15 is 0 Å². The Morgan fingerprint density at radius 1 is 1.21 bits per heavy atom. The average molecular weight is 413 g/mol. The predicted molar refractivity (Wildman–Crippen MR) is 113 cm³/mol. The molecule has 0 spiro atoms. The van der Waals surface area contributed by atoms with E-state index in [1.165, 1.54) is 0 Å². The first kappa shape index (κ1) is 20.1. The fourth-order valence-corrected chi connectivity index (χ4v) is 3.87. The van der Waals surface area contributed by atoms with Crippen molar-refractivity contribution in [2.75, 3.05) is 5.32 Å². The van der Waals surface area contributed by atoms with Crippen molar-refractivity contribution in [3.8, 4) is 0 Å². The molecule has 0 saturated carbocycles. The van der Waals surface area contributed by atoms with Gasteiger partial charge in [-0.3, -0.25) is 4.79 Å². The number of aryl methyl sites for hydroxylation is 1.